The van der Waals surface area contributed by atoms with E-state index in [9.17, 15) is 9.90 Å². The Balaban J connectivity index is 1.72. The molecular formula is C24H24N2O2. The van der Waals surface area contributed by atoms with Gasteiger partial charge in [-0.15, -0.1) is 0 Å². The minimum absolute atomic E-state index is 0.00701. The van der Waals surface area contributed by atoms with Crippen LogP contribution in [0, 0.1) is 5.41 Å². The summed E-state index contributed by atoms with van der Waals surface area (Å²) in [5, 5.41) is 16.9. The summed E-state index contributed by atoms with van der Waals surface area (Å²) in [5.41, 5.74) is 10.6. The quantitative estimate of drug-likeness (QED) is 0.391. The minimum Gasteiger partial charge on any atom is -0.481 e. The highest BCUT2D eigenvalue weighted by Gasteiger charge is 2.16. The van der Waals surface area contributed by atoms with Gasteiger partial charge in [0.15, 0.2) is 0 Å². The minimum atomic E-state index is -0.822. The molecule has 0 saturated carbocycles. The lowest BCUT2D eigenvalue weighted by atomic mass is 9.88. The molecular weight excluding hydrogens is 348 g/mol. The molecule has 0 spiro atoms. The van der Waals surface area contributed by atoms with Gasteiger partial charge in [0.2, 0.25) is 0 Å². The smallest absolute Gasteiger partial charge is 0.303 e. The lowest BCUT2D eigenvalue weighted by Gasteiger charge is -2.16. The highest BCUT2D eigenvalue weighted by molar-refractivity contribution is 5.95. The molecule has 3 aromatic rings. The van der Waals surface area contributed by atoms with E-state index in [1.54, 1.807) is 6.07 Å². The van der Waals surface area contributed by atoms with Crippen LogP contribution in [0.1, 0.15) is 35.4 Å². The Kier molecular flexibility index (Phi) is 6.22. The van der Waals surface area contributed by atoms with Crippen LogP contribution in [-0.4, -0.2) is 16.9 Å². The number of nitrogens with two attached hydrogens (primary N) is 1. The van der Waals surface area contributed by atoms with Crippen LogP contribution in [0.3, 0.4) is 0 Å². The zero-order valence-electron chi connectivity index (χ0n) is 15.6. The highest BCUT2D eigenvalue weighted by Crippen LogP contribution is 2.27. The monoisotopic (exact) mass is 372 g/mol. The summed E-state index contributed by atoms with van der Waals surface area (Å²) in [5.74, 6) is -0.948. The number of carbonyl (C=O) groups is 1. The molecule has 0 aliphatic rings. The number of aliphatic carboxylic acids is 1. The molecule has 0 saturated heterocycles. The van der Waals surface area contributed by atoms with Crippen molar-refractivity contribution in [2.45, 2.75) is 25.2 Å². The summed E-state index contributed by atoms with van der Waals surface area (Å²) in [7, 11) is 0. The van der Waals surface area contributed by atoms with Gasteiger partial charge in [-0.1, -0.05) is 72.8 Å². The zero-order valence-corrected chi connectivity index (χ0v) is 15.6. The molecule has 142 valence electrons. The van der Waals surface area contributed by atoms with Gasteiger partial charge in [-0.05, 0) is 47.1 Å². The largest absolute Gasteiger partial charge is 0.481 e. The number of nitrogen functional groups attached to an aromatic ring is 1. The maximum absolute atomic E-state index is 11.3. The van der Waals surface area contributed by atoms with E-state index in [2.05, 4.69) is 36.4 Å². The van der Waals surface area contributed by atoms with Gasteiger partial charge in [-0.25, -0.2) is 0 Å². The number of nitrogens with one attached hydrogen (secondary N) is 1. The Hall–Kier alpha value is -3.40. The molecule has 0 heterocycles. The van der Waals surface area contributed by atoms with Gasteiger partial charge in [0.1, 0.15) is 5.84 Å². The number of hydrogen-bond donors (Lipinski definition) is 3. The van der Waals surface area contributed by atoms with E-state index in [4.69, 9.17) is 11.1 Å². The molecule has 3 aromatic carbocycles. The number of aryl methyl sites for hydroxylation is 1. The van der Waals surface area contributed by atoms with Crippen molar-refractivity contribution < 1.29 is 9.90 Å². The van der Waals surface area contributed by atoms with Crippen molar-refractivity contribution in [2.75, 3.05) is 0 Å². The molecule has 4 N–H and O–H groups in total. The zero-order chi connectivity index (χ0) is 19.9. The topological polar surface area (TPSA) is 87.2 Å². The second kappa shape index (κ2) is 9.00. The summed E-state index contributed by atoms with van der Waals surface area (Å²) in [6.07, 6.45) is 1.57. The average Bonchev–Trinajstić information content (AvgIpc) is 2.72. The molecule has 0 radical (unpaired) electrons. The summed E-state index contributed by atoms with van der Waals surface area (Å²) in [6.45, 7) is 0. The average molecular weight is 372 g/mol. The molecule has 4 nitrogen and oxygen atoms in total. The van der Waals surface area contributed by atoms with E-state index in [0.717, 1.165) is 18.4 Å². The third kappa shape index (κ3) is 5.07. The molecule has 0 aromatic heterocycles. The van der Waals surface area contributed by atoms with Gasteiger partial charge in [0, 0.05) is 5.56 Å². The summed E-state index contributed by atoms with van der Waals surface area (Å²) < 4.78 is 0. The molecule has 4 heteroatoms. The Morgan fingerprint density at radius 3 is 2.25 bits per heavy atom. The third-order valence-corrected chi connectivity index (χ3v) is 4.93. The van der Waals surface area contributed by atoms with Gasteiger partial charge in [-0.2, -0.15) is 0 Å². The Labute approximate surface area is 165 Å². The van der Waals surface area contributed by atoms with Crippen LogP contribution in [0.25, 0.3) is 11.1 Å². The van der Waals surface area contributed by atoms with Crippen LogP contribution in [0.4, 0.5) is 0 Å². The second-order valence-electron chi connectivity index (χ2n) is 6.94. The van der Waals surface area contributed by atoms with Crippen LogP contribution >= 0.6 is 0 Å². The third-order valence-electron chi connectivity index (χ3n) is 4.93. The summed E-state index contributed by atoms with van der Waals surface area (Å²) in [4.78, 5) is 11.3. The van der Waals surface area contributed by atoms with Crippen LogP contribution in [-0.2, 0) is 11.2 Å². The van der Waals surface area contributed by atoms with Crippen LogP contribution < -0.4 is 5.73 Å². The van der Waals surface area contributed by atoms with E-state index >= 15 is 0 Å². The summed E-state index contributed by atoms with van der Waals surface area (Å²) >= 11 is 0. The van der Waals surface area contributed by atoms with Crippen molar-refractivity contribution in [3.05, 3.63) is 95.6 Å². The number of carboxylic acid groups (broad SMARTS) is 1. The molecule has 1 atom stereocenters. The van der Waals surface area contributed by atoms with Crippen molar-refractivity contribution >= 4 is 11.8 Å². The van der Waals surface area contributed by atoms with E-state index in [1.165, 1.54) is 16.7 Å². The first-order valence-electron chi connectivity index (χ1n) is 9.33. The fourth-order valence-electron chi connectivity index (χ4n) is 3.39. The van der Waals surface area contributed by atoms with Gasteiger partial charge in [-0.3, -0.25) is 10.2 Å². The molecule has 0 bridgehead atoms. The first-order valence-corrected chi connectivity index (χ1v) is 9.33. The Bertz CT molecular complexity index is 950. The molecule has 0 aliphatic carbocycles. The Morgan fingerprint density at radius 1 is 0.929 bits per heavy atom. The fourth-order valence-corrected chi connectivity index (χ4v) is 3.39. The van der Waals surface area contributed by atoms with Gasteiger partial charge in [0.05, 0.1) is 6.42 Å². The lowest BCUT2D eigenvalue weighted by Crippen LogP contribution is -2.13. The number of carboxylic acids is 1. The molecule has 0 amide bonds. The van der Waals surface area contributed by atoms with Crippen molar-refractivity contribution in [3.8, 4) is 11.1 Å². The highest BCUT2D eigenvalue weighted by atomic mass is 16.4. The predicted octanol–water partition coefficient (Wildman–Crippen LogP) is 4.83. The molecule has 0 aliphatic heterocycles. The van der Waals surface area contributed by atoms with Crippen LogP contribution in [0.2, 0.25) is 0 Å². The number of hydrogen-bond acceptors (Lipinski definition) is 2. The maximum Gasteiger partial charge on any atom is 0.303 e. The van der Waals surface area contributed by atoms with Crippen molar-refractivity contribution in [2.24, 2.45) is 5.73 Å². The first-order chi connectivity index (χ1) is 13.5. The van der Waals surface area contributed by atoms with E-state index in [-0.39, 0.29) is 18.2 Å². The molecule has 0 fully saturated rings. The van der Waals surface area contributed by atoms with Gasteiger partial charge >= 0.3 is 5.97 Å². The maximum atomic E-state index is 11.3. The first kappa shape index (κ1) is 19.4. The summed E-state index contributed by atoms with van der Waals surface area (Å²) in [6, 6.07) is 26.0. The van der Waals surface area contributed by atoms with Gasteiger partial charge in [0.25, 0.3) is 0 Å². The number of rotatable bonds is 8. The van der Waals surface area contributed by atoms with Crippen LogP contribution in [0.15, 0.2) is 78.9 Å². The van der Waals surface area contributed by atoms with E-state index < -0.39 is 5.97 Å². The second-order valence-corrected chi connectivity index (χ2v) is 6.94. The van der Waals surface area contributed by atoms with Crippen molar-refractivity contribution in [1.29, 1.82) is 5.41 Å². The predicted molar refractivity (Wildman–Crippen MR) is 113 cm³/mol. The molecule has 28 heavy (non-hydrogen) atoms. The standard InChI is InChI=1S/C24H24N2O2/c25-24(26)22-8-4-7-20(15-22)21(16-23(27)28)14-11-17-9-12-19(13-10-17)18-5-2-1-3-6-18/h1-10,12-13,15,21H,11,14,16H2,(H3,25,26)(H,27,28). The van der Waals surface area contributed by atoms with Gasteiger partial charge < -0.3 is 10.8 Å². The number of benzene rings is 3. The normalized spacial score (nSPS) is 11.7. The Morgan fingerprint density at radius 2 is 1.61 bits per heavy atom. The molecule has 1 unspecified atom stereocenters. The van der Waals surface area contributed by atoms with E-state index in [1.807, 2.05) is 36.4 Å². The lowest BCUT2D eigenvalue weighted by molar-refractivity contribution is -0.137. The van der Waals surface area contributed by atoms with Crippen LogP contribution in [0.5, 0.6) is 0 Å². The van der Waals surface area contributed by atoms with Crippen molar-refractivity contribution in [1.82, 2.24) is 0 Å². The van der Waals surface area contributed by atoms with Crippen molar-refractivity contribution in [3.63, 3.8) is 0 Å². The fraction of sp³-hybridized carbons (Fsp3) is 0.167. The van der Waals surface area contributed by atoms with E-state index in [0.29, 0.717) is 5.56 Å². The molecule has 3 rings (SSSR count). The number of amidine groups is 1. The SMILES string of the molecule is N=C(N)c1cccc(C(CCc2ccc(-c3ccccc3)cc2)CC(=O)O)c1.